The summed E-state index contributed by atoms with van der Waals surface area (Å²) in [5.41, 5.74) is 0.795. The molecule has 7 heteroatoms. The number of ether oxygens (including phenoxy) is 3. The Morgan fingerprint density at radius 1 is 1.04 bits per heavy atom. The average Bonchev–Trinajstić information content (AvgIpc) is 2.59. The molecule has 7 nitrogen and oxygen atoms in total. The van der Waals surface area contributed by atoms with Gasteiger partial charge in [-0.2, -0.15) is 0 Å². The number of rotatable bonds is 2. The number of ketones is 1. The Kier molecular flexibility index (Phi) is 3.65. The first-order valence-corrected chi connectivity index (χ1v) is 7.85. The summed E-state index contributed by atoms with van der Waals surface area (Å²) in [5.74, 6) is 0.445. The molecule has 0 saturated heterocycles. The lowest BCUT2D eigenvalue weighted by Crippen LogP contribution is -2.32. The summed E-state index contributed by atoms with van der Waals surface area (Å²) in [5, 5.41) is 28.6. The fourth-order valence-electron chi connectivity index (χ4n) is 3.03. The number of aromatic hydroxyl groups is 2. The molecule has 4 rings (SSSR count). The summed E-state index contributed by atoms with van der Waals surface area (Å²) in [4.78, 5) is 12.4. The van der Waals surface area contributed by atoms with E-state index in [0.29, 0.717) is 17.1 Å². The van der Waals surface area contributed by atoms with E-state index < -0.39 is 12.2 Å². The van der Waals surface area contributed by atoms with Gasteiger partial charge in [-0.25, -0.2) is 0 Å². The zero-order chi connectivity index (χ0) is 17.6. The van der Waals surface area contributed by atoms with Crippen molar-refractivity contribution in [2.75, 3.05) is 13.2 Å². The summed E-state index contributed by atoms with van der Waals surface area (Å²) in [6.07, 6.45) is -0.904. The van der Waals surface area contributed by atoms with E-state index in [0.717, 1.165) is 6.07 Å². The molecule has 130 valence electrons. The van der Waals surface area contributed by atoms with Crippen molar-refractivity contribution in [1.82, 2.24) is 0 Å². The highest BCUT2D eigenvalue weighted by molar-refractivity contribution is 6.02. The zero-order valence-electron chi connectivity index (χ0n) is 13.1. The molecule has 2 heterocycles. The predicted molar refractivity (Wildman–Crippen MR) is 85.5 cm³/mol. The third-order valence-electron chi connectivity index (χ3n) is 4.25. The van der Waals surface area contributed by atoms with Crippen molar-refractivity contribution in [3.05, 3.63) is 41.5 Å². The first kappa shape index (κ1) is 15.6. The highest BCUT2D eigenvalue weighted by Crippen LogP contribution is 2.43. The molecule has 0 amide bonds. The molecule has 0 unspecified atom stereocenters. The Balaban J connectivity index is 1.64. The summed E-state index contributed by atoms with van der Waals surface area (Å²) in [7, 11) is 0. The highest BCUT2D eigenvalue weighted by Gasteiger charge is 2.32. The molecule has 0 aromatic heterocycles. The standard InChI is InChI=1S/C18H16O7/c19-7-11-8-23-16-3-9(1-2-14(16)24-11)15-6-13(22)18-12(21)4-10(20)5-17(18)25-15/h1-5,11,15,19-21H,6-8H2/t11-,15+/m0/s1. The first-order chi connectivity index (χ1) is 12.0. The summed E-state index contributed by atoms with van der Waals surface area (Å²) in [6.45, 7) is 0.104. The van der Waals surface area contributed by atoms with Crippen LogP contribution in [0.3, 0.4) is 0 Å². The third kappa shape index (κ3) is 2.72. The van der Waals surface area contributed by atoms with E-state index in [1.54, 1.807) is 18.2 Å². The Hall–Kier alpha value is -2.93. The van der Waals surface area contributed by atoms with Gasteiger partial charge in [-0.15, -0.1) is 0 Å². The molecule has 2 aromatic carbocycles. The molecule has 2 aromatic rings. The number of hydrogen-bond acceptors (Lipinski definition) is 7. The van der Waals surface area contributed by atoms with Crippen molar-refractivity contribution in [2.24, 2.45) is 0 Å². The van der Waals surface area contributed by atoms with Gasteiger partial charge in [-0.3, -0.25) is 4.79 Å². The van der Waals surface area contributed by atoms with Gasteiger partial charge in [0.15, 0.2) is 23.4 Å². The van der Waals surface area contributed by atoms with E-state index >= 15 is 0 Å². The van der Waals surface area contributed by atoms with Gasteiger partial charge in [0.2, 0.25) is 0 Å². The molecular weight excluding hydrogens is 328 g/mol. The molecule has 0 bridgehead atoms. The first-order valence-electron chi connectivity index (χ1n) is 7.85. The molecule has 0 aliphatic carbocycles. The van der Waals surface area contributed by atoms with Crippen LogP contribution in [0.4, 0.5) is 0 Å². The SMILES string of the molecule is O=C1C[C@H](c2ccc3c(c2)OC[C@H](CO)O3)Oc2cc(O)cc(O)c21. The van der Waals surface area contributed by atoms with Gasteiger partial charge in [-0.1, -0.05) is 6.07 Å². The maximum absolute atomic E-state index is 12.4. The second-order valence-corrected chi connectivity index (χ2v) is 6.01. The number of aliphatic hydroxyl groups is 1. The molecule has 25 heavy (non-hydrogen) atoms. The van der Waals surface area contributed by atoms with Gasteiger partial charge in [0.1, 0.15) is 35.5 Å². The van der Waals surface area contributed by atoms with Gasteiger partial charge >= 0.3 is 0 Å². The van der Waals surface area contributed by atoms with Crippen LogP contribution in [-0.2, 0) is 0 Å². The number of phenolic OH excluding ortho intramolecular Hbond substituents is 2. The minimum atomic E-state index is -0.564. The fourth-order valence-corrected chi connectivity index (χ4v) is 3.03. The second kappa shape index (κ2) is 5.86. The minimum absolute atomic E-state index is 0.0598. The molecule has 3 N–H and O–H groups in total. The molecule has 2 aliphatic heterocycles. The molecule has 0 fully saturated rings. The van der Waals surface area contributed by atoms with Crippen LogP contribution in [0.1, 0.15) is 28.4 Å². The number of Topliss-reactive ketones (excluding diaryl/α,β-unsaturated/α-hetero) is 1. The maximum Gasteiger partial charge on any atom is 0.174 e. The summed E-state index contributed by atoms with van der Waals surface area (Å²) >= 11 is 0. The number of carbonyl (C=O) groups is 1. The maximum atomic E-state index is 12.4. The summed E-state index contributed by atoms with van der Waals surface area (Å²) < 4.78 is 17.0. The van der Waals surface area contributed by atoms with E-state index in [1.165, 1.54) is 6.07 Å². The lowest BCUT2D eigenvalue weighted by Gasteiger charge is -2.28. The van der Waals surface area contributed by atoms with Crippen LogP contribution in [0.5, 0.6) is 28.7 Å². The Morgan fingerprint density at radius 3 is 2.68 bits per heavy atom. The van der Waals surface area contributed by atoms with Gasteiger partial charge in [0.05, 0.1) is 13.0 Å². The van der Waals surface area contributed by atoms with Crippen LogP contribution in [0.25, 0.3) is 0 Å². The molecule has 2 aliphatic rings. The number of benzene rings is 2. The number of fused-ring (bicyclic) bond motifs is 2. The molecule has 0 radical (unpaired) electrons. The third-order valence-corrected chi connectivity index (χ3v) is 4.25. The zero-order valence-corrected chi connectivity index (χ0v) is 13.1. The van der Waals surface area contributed by atoms with Crippen molar-refractivity contribution in [3.8, 4) is 28.7 Å². The van der Waals surface area contributed by atoms with Crippen LogP contribution < -0.4 is 14.2 Å². The van der Waals surface area contributed by atoms with E-state index in [4.69, 9.17) is 19.3 Å². The van der Waals surface area contributed by atoms with Crippen molar-refractivity contribution in [1.29, 1.82) is 0 Å². The normalized spacial score (nSPS) is 21.4. The largest absolute Gasteiger partial charge is 0.508 e. The lowest BCUT2D eigenvalue weighted by molar-refractivity contribution is 0.0452. The number of carbonyl (C=O) groups excluding carboxylic acids is 1. The van der Waals surface area contributed by atoms with Crippen LogP contribution >= 0.6 is 0 Å². The Morgan fingerprint density at radius 2 is 1.88 bits per heavy atom. The summed E-state index contributed by atoms with van der Waals surface area (Å²) in [6, 6.07) is 7.61. The fraction of sp³-hybridized carbons (Fsp3) is 0.278. The second-order valence-electron chi connectivity index (χ2n) is 6.01. The van der Waals surface area contributed by atoms with E-state index in [1.807, 2.05) is 0 Å². The van der Waals surface area contributed by atoms with Gasteiger partial charge in [0.25, 0.3) is 0 Å². The molecule has 2 atom stereocenters. The Labute approximate surface area is 143 Å². The van der Waals surface area contributed by atoms with Gasteiger partial charge in [0, 0.05) is 12.1 Å². The van der Waals surface area contributed by atoms with Crippen LogP contribution in [0.15, 0.2) is 30.3 Å². The smallest absolute Gasteiger partial charge is 0.174 e. The Bertz CT molecular complexity index is 846. The van der Waals surface area contributed by atoms with E-state index in [9.17, 15) is 15.0 Å². The highest BCUT2D eigenvalue weighted by atomic mass is 16.6. The predicted octanol–water partition coefficient (Wildman–Crippen LogP) is 1.94. The molecule has 0 spiro atoms. The minimum Gasteiger partial charge on any atom is -0.508 e. The monoisotopic (exact) mass is 344 g/mol. The number of phenols is 2. The molecular formula is C18H16O7. The number of aliphatic hydroxyl groups excluding tert-OH is 1. The average molecular weight is 344 g/mol. The van der Waals surface area contributed by atoms with Gasteiger partial charge < -0.3 is 29.5 Å². The van der Waals surface area contributed by atoms with Crippen molar-refractivity contribution >= 4 is 5.78 Å². The van der Waals surface area contributed by atoms with Gasteiger partial charge in [-0.05, 0) is 17.7 Å². The lowest BCUT2D eigenvalue weighted by atomic mass is 9.95. The van der Waals surface area contributed by atoms with Crippen LogP contribution in [0.2, 0.25) is 0 Å². The van der Waals surface area contributed by atoms with Crippen molar-refractivity contribution < 1.29 is 34.3 Å². The number of hydrogen-bond donors (Lipinski definition) is 3. The van der Waals surface area contributed by atoms with Crippen LogP contribution in [-0.4, -0.2) is 40.4 Å². The van der Waals surface area contributed by atoms with Crippen molar-refractivity contribution in [2.45, 2.75) is 18.6 Å². The van der Waals surface area contributed by atoms with Crippen molar-refractivity contribution in [3.63, 3.8) is 0 Å². The van der Waals surface area contributed by atoms with E-state index in [2.05, 4.69) is 0 Å². The van der Waals surface area contributed by atoms with Crippen LogP contribution in [0, 0.1) is 0 Å². The quantitative estimate of drug-likeness (QED) is 0.764. The molecule has 0 saturated carbocycles. The van der Waals surface area contributed by atoms with E-state index in [-0.39, 0.29) is 48.2 Å². The topological polar surface area (TPSA) is 105 Å².